The number of halogens is 2. The molecular weight excluding hydrogens is 327 g/mol. The van der Waals surface area contributed by atoms with Crippen molar-refractivity contribution >= 4 is 28.6 Å². The first-order valence-corrected chi connectivity index (χ1v) is 8.29. The van der Waals surface area contributed by atoms with Crippen molar-refractivity contribution in [1.29, 1.82) is 0 Å². The molecule has 0 bridgehead atoms. The van der Waals surface area contributed by atoms with Crippen LogP contribution in [0.1, 0.15) is 17.7 Å². The van der Waals surface area contributed by atoms with E-state index in [1.807, 2.05) is 0 Å². The highest BCUT2D eigenvalue weighted by atomic mass is 35.5. The Kier molecular flexibility index (Phi) is 5.12. The fourth-order valence-electron chi connectivity index (χ4n) is 2.29. The average Bonchev–Trinajstić information content (AvgIpc) is 2.93. The molecule has 3 rings (SSSR count). The second-order valence-corrected chi connectivity index (χ2v) is 6.67. The smallest absolute Gasteiger partial charge is 0.183 e. The van der Waals surface area contributed by atoms with E-state index in [2.05, 4.69) is 10.3 Å². The molecule has 1 N–H and O–H groups in total. The molecule has 2 aromatic rings. The van der Waals surface area contributed by atoms with Crippen LogP contribution in [0.15, 0.2) is 24.4 Å². The summed E-state index contributed by atoms with van der Waals surface area (Å²) in [7, 11) is 0. The van der Waals surface area contributed by atoms with Gasteiger partial charge in [-0.1, -0.05) is 17.7 Å². The first kappa shape index (κ1) is 15.5. The third-order valence-corrected chi connectivity index (χ3v) is 4.52. The molecule has 4 nitrogen and oxygen atoms in total. The maximum absolute atomic E-state index is 14.1. The fraction of sp³-hybridized carbons (Fsp3) is 0.400. The van der Waals surface area contributed by atoms with E-state index < -0.39 is 0 Å². The van der Waals surface area contributed by atoms with Crippen molar-refractivity contribution in [2.45, 2.75) is 25.5 Å². The van der Waals surface area contributed by atoms with Gasteiger partial charge in [-0.3, -0.25) is 0 Å². The Hall–Kier alpha value is -1.37. The first-order chi connectivity index (χ1) is 10.7. The van der Waals surface area contributed by atoms with Crippen molar-refractivity contribution in [1.82, 2.24) is 4.98 Å². The van der Waals surface area contributed by atoms with Crippen LogP contribution in [0.2, 0.25) is 4.47 Å². The Morgan fingerprint density at radius 2 is 2.23 bits per heavy atom. The normalized spacial score (nSPS) is 15.7. The summed E-state index contributed by atoms with van der Waals surface area (Å²) in [4.78, 5) is 4.91. The Morgan fingerprint density at radius 1 is 1.41 bits per heavy atom. The second-order valence-electron chi connectivity index (χ2n) is 4.98. The molecule has 1 aliphatic heterocycles. The van der Waals surface area contributed by atoms with Crippen LogP contribution in [-0.2, 0) is 11.3 Å². The second kappa shape index (κ2) is 7.26. The molecule has 22 heavy (non-hydrogen) atoms. The van der Waals surface area contributed by atoms with Gasteiger partial charge in [-0.05, 0) is 12.1 Å². The van der Waals surface area contributed by atoms with Crippen LogP contribution < -0.4 is 10.1 Å². The van der Waals surface area contributed by atoms with Crippen LogP contribution in [0.25, 0.3) is 0 Å². The monoisotopic (exact) mass is 342 g/mol. The molecule has 7 heteroatoms. The van der Waals surface area contributed by atoms with Crippen molar-refractivity contribution in [2.24, 2.45) is 0 Å². The SMILES string of the molecule is Fc1cccc(OC2CCOCC2)c1NCc1cnc(Cl)s1. The van der Waals surface area contributed by atoms with Crippen LogP contribution in [0.4, 0.5) is 10.1 Å². The molecule has 0 spiro atoms. The van der Waals surface area contributed by atoms with Crippen LogP contribution in [0.5, 0.6) is 5.75 Å². The molecule has 0 radical (unpaired) electrons. The summed E-state index contributed by atoms with van der Waals surface area (Å²) in [5, 5.41) is 3.08. The minimum atomic E-state index is -0.333. The Bertz CT molecular complexity index is 632. The Morgan fingerprint density at radius 3 is 2.95 bits per heavy atom. The van der Waals surface area contributed by atoms with Gasteiger partial charge in [0.25, 0.3) is 0 Å². The number of nitrogens with one attached hydrogen (secondary N) is 1. The zero-order valence-electron chi connectivity index (χ0n) is 11.9. The van der Waals surface area contributed by atoms with Gasteiger partial charge in [-0.2, -0.15) is 0 Å². The lowest BCUT2D eigenvalue weighted by Gasteiger charge is -2.24. The lowest BCUT2D eigenvalue weighted by atomic mass is 10.1. The summed E-state index contributed by atoms with van der Waals surface area (Å²) in [6.07, 6.45) is 3.38. The van der Waals surface area contributed by atoms with Gasteiger partial charge < -0.3 is 14.8 Å². The number of thiazole rings is 1. The summed E-state index contributed by atoms with van der Waals surface area (Å²) in [6.45, 7) is 1.82. The highest BCUT2D eigenvalue weighted by molar-refractivity contribution is 7.15. The van der Waals surface area contributed by atoms with Gasteiger partial charge in [0.2, 0.25) is 0 Å². The predicted octanol–water partition coefficient (Wildman–Crippen LogP) is 4.11. The lowest BCUT2D eigenvalue weighted by molar-refractivity contribution is 0.0257. The summed E-state index contributed by atoms with van der Waals surface area (Å²) in [5.74, 6) is 0.197. The highest BCUT2D eigenvalue weighted by Crippen LogP contribution is 2.31. The Labute approximate surface area is 137 Å². The van der Waals surface area contributed by atoms with E-state index in [-0.39, 0.29) is 11.9 Å². The number of aromatic nitrogens is 1. The molecule has 0 amide bonds. The fourth-order valence-corrected chi connectivity index (χ4v) is 3.21. The van der Waals surface area contributed by atoms with Crippen molar-refractivity contribution in [3.05, 3.63) is 39.6 Å². The number of benzene rings is 1. The zero-order chi connectivity index (χ0) is 15.4. The number of para-hydroxylation sites is 1. The maximum Gasteiger partial charge on any atom is 0.183 e. The predicted molar refractivity (Wildman–Crippen MR) is 85.3 cm³/mol. The first-order valence-electron chi connectivity index (χ1n) is 7.09. The highest BCUT2D eigenvalue weighted by Gasteiger charge is 2.18. The molecule has 1 aliphatic rings. The molecule has 0 saturated carbocycles. The van der Waals surface area contributed by atoms with Gasteiger partial charge >= 0.3 is 0 Å². The maximum atomic E-state index is 14.1. The molecule has 1 saturated heterocycles. The number of anilines is 1. The summed E-state index contributed by atoms with van der Waals surface area (Å²) < 4.78 is 25.8. The van der Waals surface area contributed by atoms with E-state index in [1.165, 1.54) is 17.4 Å². The number of hydrogen-bond acceptors (Lipinski definition) is 5. The number of nitrogens with zero attached hydrogens (tertiary/aromatic N) is 1. The van der Waals surface area contributed by atoms with E-state index >= 15 is 0 Å². The number of hydrogen-bond donors (Lipinski definition) is 1. The molecule has 0 atom stereocenters. The van der Waals surface area contributed by atoms with Gasteiger partial charge in [0.15, 0.2) is 4.47 Å². The van der Waals surface area contributed by atoms with Gasteiger partial charge in [-0.25, -0.2) is 9.37 Å². The van der Waals surface area contributed by atoms with E-state index in [1.54, 1.807) is 18.3 Å². The van der Waals surface area contributed by atoms with E-state index in [0.29, 0.717) is 35.7 Å². The zero-order valence-corrected chi connectivity index (χ0v) is 13.4. The molecular formula is C15H16ClFN2O2S. The number of rotatable bonds is 5. The molecule has 1 aromatic carbocycles. The molecule has 1 aromatic heterocycles. The van der Waals surface area contributed by atoms with Crippen molar-refractivity contribution < 1.29 is 13.9 Å². The van der Waals surface area contributed by atoms with E-state index in [4.69, 9.17) is 21.1 Å². The van der Waals surface area contributed by atoms with Crippen LogP contribution in [0, 0.1) is 5.82 Å². The van der Waals surface area contributed by atoms with Crippen molar-refractivity contribution in [3.8, 4) is 5.75 Å². The van der Waals surface area contributed by atoms with Crippen LogP contribution in [0.3, 0.4) is 0 Å². The van der Waals surface area contributed by atoms with E-state index in [0.717, 1.165) is 17.7 Å². The van der Waals surface area contributed by atoms with Gasteiger partial charge in [0.1, 0.15) is 23.4 Å². The van der Waals surface area contributed by atoms with Gasteiger partial charge in [0.05, 0.1) is 19.8 Å². The lowest BCUT2D eigenvalue weighted by Crippen LogP contribution is -2.26. The van der Waals surface area contributed by atoms with Crippen molar-refractivity contribution in [2.75, 3.05) is 18.5 Å². The van der Waals surface area contributed by atoms with Gasteiger partial charge in [0, 0.05) is 23.9 Å². The third kappa shape index (κ3) is 3.88. The van der Waals surface area contributed by atoms with E-state index in [9.17, 15) is 4.39 Å². The van der Waals surface area contributed by atoms with Gasteiger partial charge in [-0.15, -0.1) is 11.3 Å². The van der Waals surface area contributed by atoms with Crippen LogP contribution >= 0.6 is 22.9 Å². The molecule has 2 heterocycles. The third-order valence-electron chi connectivity index (χ3n) is 3.40. The quantitative estimate of drug-likeness (QED) is 0.888. The summed E-state index contributed by atoms with van der Waals surface area (Å²) in [5.41, 5.74) is 0.374. The standard InChI is InChI=1S/C15H16ClFN2O2S/c16-15-19-9-11(22-15)8-18-14-12(17)2-1-3-13(14)21-10-4-6-20-7-5-10/h1-3,9-10,18H,4-8H2. The molecule has 1 fully saturated rings. The molecule has 0 aliphatic carbocycles. The van der Waals surface area contributed by atoms with Crippen LogP contribution in [-0.4, -0.2) is 24.3 Å². The largest absolute Gasteiger partial charge is 0.488 e. The van der Waals surface area contributed by atoms with Crippen molar-refractivity contribution in [3.63, 3.8) is 0 Å². The minimum absolute atomic E-state index is 0.0638. The Balaban J connectivity index is 1.71. The average molecular weight is 343 g/mol. The summed E-state index contributed by atoms with van der Waals surface area (Å²) in [6, 6.07) is 4.85. The topological polar surface area (TPSA) is 43.4 Å². The molecule has 0 unspecified atom stereocenters. The minimum Gasteiger partial charge on any atom is -0.488 e. The molecule has 118 valence electrons. The number of ether oxygens (including phenoxy) is 2. The summed E-state index contributed by atoms with van der Waals surface area (Å²) >= 11 is 7.17.